The lowest BCUT2D eigenvalue weighted by atomic mass is 9.96. The Morgan fingerprint density at radius 1 is 1.30 bits per heavy atom. The van der Waals surface area contributed by atoms with Gasteiger partial charge in [0.15, 0.2) is 0 Å². The molecule has 0 aromatic carbocycles. The van der Waals surface area contributed by atoms with Crippen molar-refractivity contribution in [1.82, 2.24) is 14.3 Å². The summed E-state index contributed by atoms with van der Waals surface area (Å²) >= 11 is 6.44. The van der Waals surface area contributed by atoms with Crippen LogP contribution in [0, 0.1) is 12.8 Å². The third-order valence-corrected chi connectivity index (χ3v) is 7.78. The van der Waals surface area contributed by atoms with Crippen LogP contribution < -0.4 is 10.5 Å². The molecule has 2 fully saturated rings. The quantitative estimate of drug-likeness (QED) is 0.302. The Kier molecular flexibility index (Phi) is 8.28. The number of ether oxygens (including phenoxy) is 1. The molecule has 12 heteroatoms. The van der Waals surface area contributed by atoms with Gasteiger partial charge in [0.2, 0.25) is 0 Å². The highest BCUT2D eigenvalue weighted by molar-refractivity contribution is 8.26. The maximum absolute atomic E-state index is 13.7. The standard InChI is InChI=1S/C25H28N4O6S2/c1-3-35-24(34)16-8-12-27(13-9-16)21-17(22(32)28-10-4-6-15(2)20(28)26-21)14-18-23(33)29(25(36)37-18)11-5-7-19(30)31/h4,6,10,14,16H,3,5,7-9,11-13H2,1-2H3,(H,30,31). The number of carbonyl (C=O) groups is 3. The summed E-state index contributed by atoms with van der Waals surface area (Å²) in [5.41, 5.74) is 1.31. The second-order valence-corrected chi connectivity index (χ2v) is 10.6. The van der Waals surface area contributed by atoms with Crippen molar-refractivity contribution in [2.24, 2.45) is 5.92 Å². The Morgan fingerprint density at radius 3 is 2.70 bits per heavy atom. The van der Waals surface area contributed by atoms with E-state index in [1.54, 1.807) is 19.2 Å². The molecule has 37 heavy (non-hydrogen) atoms. The van der Waals surface area contributed by atoms with Crippen LogP contribution in [-0.2, 0) is 19.1 Å². The number of fused-ring (bicyclic) bond motifs is 1. The zero-order chi connectivity index (χ0) is 26.7. The fraction of sp³-hybridized carbons (Fsp3) is 0.440. The number of nitrogens with zero attached hydrogens (tertiary/aromatic N) is 4. The number of carboxylic acid groups (broad SMARTS) is 1. The van der Waals surface area contributed by atoms with Crippen molar-refractivity contribution in [1.29, 1.82) is 0 Å². The first kappa shape index (κ1) is 26.8. The van der Waals surface area contributed by atoms with Gasteiger partial charge in [-0.25, -0.2) is 4.98 Å². The summed E-state index contributed by atoms with van der Waals surface area (Å²) in [5, 5.41) is 8.90. The van der Waals surface area contributed by atoms with Gasteiger partial charge in [0.25, 0.3) is 11.5 Å². The van der Waals surface area contributed by atoms with Gasteiger partial charge in [-0.15, -0.1) is 0 Å². The average Bonchev–Trinajstić information content (AvgIpc) is 3.13. The van der Waals surface area contributed by atoms with Crippen molar-refractivity contribution >= 4 is 63.7 Å². The van der Waals surface area contributed by atoms with Crippen LogP contribution in [-0.4, -0.2) is 67.8 Å². The van der Waals surface area contributed by atoms with E-state index in [9.17, 15) is 19.2 Å². The van der Waals surface area contributed by atoms with Gasteiger partial charge in [-0.05, 0) is 50.8 Å². The molecule has 2 aromatic rings. The van der Waals surface area contributed by atoms with Crippen LogP contribution in [0.4, 0.5) is 5.82 Å². The minimum atomic E-state index is -0.942. The highest BCUT2D eigenvalue weighted by Crippen LogP contribution is 2.34. The molecule has 0 radical (unpaired) electrons. The Morgan fingerprint density at radius 2 is 2.03 bits per heavy atom. The largest absolute Gasteiger partial charge is 0.481 e. The highest BCUT2D eigenvalue weighted by atomic mass is 32.2. The first-order valence-electron chi connectivity index (χ1n) is 12.1. The molecule has 196 valence electrons. The highest BCUT2D eigenvalue weighted by Gasteiger charge is 2.33. The molecule has 10 nitrogen and oxygen atoms in total. The number of carboxylic acids is 1. The van der Waals surface area contributed by atoms with Crippen LogP contribution in [0.3, 0.4) is 0 Å². The Labute approximate surface area is 223 Å². The van der Waals surface area contributed by atoms with E-state index in [-0.39, 0.29) is 53.2 Å². The molecule has 0 bridgehead atoms. The monoisotopic (exact) mass is 544 g/mol. The SMILES string of the molecule is CCOC(=O)C1CCN(c2nc3c(C)cccn3c(=O)c2C=C2SC(=S)N(CCCC(=O)O)C2=O)CC1. The normalized spacial score (nSPS) is 17.7. The second kappa shape index (κ2) is 11.4. The van der Waals surface area contributed by atoms with Crippen LogP contribution in [0.2, 0.25) is 0 Å². The molecule has 0 spiro atoms. The summed E-state index contributed by atoms with van der Waals surface area (Å²) < 4.78 is 6.96. The van der Waals surface area contributed by atoms with Gasteiger partial charge in [-0.2, -0.15) is 0 Å². The van der Waals surface area contributed by atoms with Gasteiger partial charge < -0.3 is 14.7 Å². The second-order valence-electron chi connectivity index (χ2n) is 8.88. The zero-order valence-electron chi connectivity index (χ0n) is 20.6. The molecular weight excluding hydrogens is 516 g/mol. The van der Waals surface area contributed by atoms with Crippen LogP contribution >= 0.6 is 24.0 Å². The van der Waals surface area contributed by atoms with Crippen LogP contribution in [0.15, 0.2) is 28.0 Å². The lowest BCUT2D eigenvalue weighted by molar-refractivity contribution is -0.148. The van der Waals surface area contributed by atoms with E-state index < -0.39 is 5.97 Å². The number of rotatable bonds is 8. The number of aromatic nitrogens is 2. The summed E-state index contributed by atoms with van der Waals surface area (Å²) in [7, 11) is 0. The fourth-order valence-electron chi connectivity index (χ4n) is 4.47. The summed E-state index contributed by atoms with van der Waals surface area (Å²) in [4.78, 5) is 58.3. The van der Waals surface area contributed by atoms with Gasteiger partial charge >= 0.3 is 11.9 Å². The number of hydrogen-bond donors (Lipinski definition) is 1. The minimum absolute atomic E-state index is 0.0721. The van der Waals surface area contributed by atoms with Crippen LogP contribution in [0.5, 0.6) is 0 Å². The van der Waals surface area contributed by atoms with E-state index in [1.165, 1.54) is 15.4 Å². The van der Waals surface area contributed by atoms with E-state index in [0.29, 0.717) is 48.3 Å². The van der Waals surface area contributed by atoms with Crippen molar-refractivity contribution < 1.29 is 24.2 Å². The molecule has 0 saturated carbocycles. The number of amides is 1. The third kappa shape index (κ3) is 5.69. The molecule has 2 aromatic heterocycles. The maximum Gasteiger partial charge on any atom is 0.309 e. The molecule has 1 N–H and O–H groups in total. The number of hydrogen-bond acceptors (Lipinski definition) is 9. The van der Waals surface area contributed by atoms with Gasteiger partial charge in [0.1, 0.15) is 15.8 Å². The molecule has 0 aliphatic carbocycles. The van der Waals surface area contributed by atoms with Crippen molar-refractivity contribution in [3.05, 3.63) is 44.7 Å². The molecule has 0 unspecified atom stereocenters. The molecule has 1 amide bonds. The fourth-order valence-corrected chi connectivity index (χ4v) is 5.76. The number of thioether (sulfide) groups is 1. The molecular formula is C25H28N4O6S2. The number of carbonyl (C=O) groups excluding carboxylic acids is 2. The number of aliphatic carboxylic acids is 1. The Hall–Kier alpha value is -3.25. The van der Waals surface area contributed by atoms with E-state index in [2.05, 4.69) is 0 Å². The maximum atomic E-state index is 13.7. The molecule has 4 rings (SSSR count). The number of pyridine rings is 1. The predicted octanol–water partition coefficient (Wildman–Crippen LogP) is 2.85. The lowest BCUT2D eigenvalue weighted by Crippen LogP contribution is -2.39. The lowest BCUT2D eigenvalue weighted by Gasteiger charge is -2.32. The number of thiocarbonyl (C=S) groups is 1. The smallest absolute Gasteiger partial charge is 0.309 e. The van der Waals surface area contributed by atoms with Crippen molar-refractivity contribution in [2.75, 3.05) is 31.1 Å². The van der Waals surface area contributed by atoms with E-state index in [4.69, 9.17) is 27.0 Å². The first-order chi connectivity index (χ1) is 17.7. The van der Waals surface area contributed by atoms with Gasteiger partial charge in [0.05, 0.1) is 23.0 Å². The average molecular weight is 545 g/mol. The molecule has 2 aliphatic heterocycles. The van der Waals surface area contributed by atoms with E-state index in [0.717, 1.165) is 17.3 Å². The molecule has 2 aliphatic rings. The molecule has 4 heterocycles. The number of anilines is 1. The zero-order valence-corrected chi connectivity index (χ0v) is 22.3. The third-order valence-electron chi connectivity index (χ3n) is 6.40. The van der Waals surface area contributed by atoms with Crippen molar-refractivity contribution in [2.45, 2.75) is 39.5 Å². The van der Waals surface area contributed by atoms with Crippen LogP contribution in [0.1, 0.15) is 43.7 Å². The van der Waals surface area contributed by atoms with Crippen molar-refractivity contribution in [3.8, 4) is 0 Å². The Bertz CT molecular complexity index is 1350. The van der Waals surface area contributed by atoms with E-state index in [1.807, 2.05) is 17.9 Å². The van der Waals surface area contributed by atoms with Gasteiger partial charge in [0, 0.05) is 32.3 Å². The van der Waals surface area contributed by atoms with Crippen molar-refractivity contribution in [3.63, 3.8) is 0 Å². The Balaban J connectivity index is 1.70. The summed E-state index contributed by atoms with van der Waals surface area (Å²) in [6.45, 7) is 5.20. The first-order valence-corrected chi connectivity index (χ1v) is 13.3. The topological polar surface area (TPSA) is 122 Å². The summed E-state index contributed by atoms with van der Waals surface area (Å²) in [6, 6.07) is 3.64. The van der Waals surface area contributed by atoms with Gasteiger partial charge in [-0.1, -0.05) is 30.0 Å². The molecule has 2 saturated heterocycles. The van der Waals surface area contributed by atoms with Gasteiger partial charge in [-0.3, -0.25) is 28.5 Å². The van der Waals surface area contributed by atoms with Crippen LogP contribution in [0.25, 0.3) is 11.7 Å². The number of esters is 1. The predicted molar refractivity (Wildman–Crippen MR) is 145 cm³/mol. The summed E-state index contributed by atoms with van der Waals surface area (Å²) in [5.74, 6) is -1.26. The molecule has 0 atom stereocenters. The minimum Gasteiger partial charge on any atom is -0.481 e. The number of aryl methyl sites for hydroxylation is 1. The number of piperidine rings is 1. The summed E-state index contributed by atoms with van der Waals surface area (Å²) in [6.07, 6.45) is 4.51. The van der Waals surface area contributed by atoms with E-state index >= 15 is 0 Å².